The standard InChI is InChI=1S/C13H21N7OS/c1-8(2)5-9-15-11(21-19-9)7-22-6-10-16-12(14)18-13(17-10)20(3)4/h8H,5-7H2,1-4H3,(H2,14,16,17,18). The molecular weight excluding hydrogens is 302 g/mol. The maximum absolute atomic E-state index is 5.69. The molecule has 0 unspecified atom stereocenters. The first-order valence-corrected chi connectivity index (χ1v) is 8.16. The van der Waals surface area contributed by atoms with Crippen LogP contribution >= 0.6 is 11.8 Å². The smallest absolute Gasteiger partial charge is 0.236 e. The van der Waals surface area contributed by atoms with Gasteiger partial charge in [-0.05, 0) is 5.92 Å². The highest BCUT2D eigenvalue weighted by Crippen LogP contribution is 2.17. The lowest BCUT2D eigenvalue weighted by atomic mass is 10.1. The van der Waals surface area contributed by atoms with Gasteiger partial charge in [0.25, 0.3) is 0 Å². The normalized spacial score (nSPS) is 11.1. The predicted octanol–water partition coefficient (Wildman–Crippen LogP) is 1.53. The van der Waals surface area contributed by atoms with Crippen LogP contribution in [-0.2, 0) is 17.9 Å². The lowest BCUT2D eigenvalue weighted by Crippen LogP contribution is -2.15. The second-order valence-electron chi connectivity index (χ2n) is 5.50. The highest BCUT2D eigenvalue weighted by molar-refractivity contribution is 7.97. The summed E-state index contributed by atoms with van der Waals surface area (Å²) in [5.74, 6) is 4.54. The van der Waals surface area contributed by atoms with Crippen molar-refractivity contribution in [1.82, 2.24) is 25.1 Å². The number of hydrogen-bond donors (Lipinski definition) is 1. The number of hydrogen-bond acceptors (Lipinski definition) is 9. The Morgan fingerprint density at radius 3 is 2.55 bits per heavy atom. The van der Waals surface area contributed by atoms with Crippen molar-refractivity contribution in [3.63, 3.8) is 0 Å². The van der Waals surface area contributed by atoms with E-state index in [4.69, 9.17) is 10.3 Å². The van der Waals surface area contributed by atoms with Crippen molar-refractivity contribution in [2.24, 2.45) is 5.92 Å². The van der Waals surface area contributed by atoms with E-state index in [0.717, 1.165) is 12.2 Å². The first kappa shape index (κ1) is 16.5. The Morgan fingerprint density at radius 1 is 1.09 bits per heavy atom. The summed E-state index contributed by atoms with van der Waals surface area (Å²) < 4.78 is 5.22. The third-order valence-electron chi connectivity index (χ3n) is 2.64. The minimum absolute atomic E-state index is 0.228. The van der Waals surface area contributed by atoms with Crippen LogP contribution in [0.2, 0.25) is 0 Å². The van der Waals surface area contributed by atoms with E-state index in [2.05, 4.69) is 38.9 Å². The molecule has 2 aromatic rings. The van der Waals surface area contributed by atoms with Crippen molar-refractivity contribution in [1.29, 1.82) is 0 Å². The molecule has 0 aliphatic rings. The Bertz CT molecular complexity index is 614. The molecule has 0 saturated heterocycles. The van der Waals surface area contributed by atoms with Crippen LogP contribution < -0.4 is 10.6 Å². The van der Waals surface area contributed by atoms with Crippen molar-refractivity contribution < 1.29 is 4.52 Å². The molecule has 8 nitrogen and oxygen atoms in total. The molecule has 0 aromatic carbocycles. The van der Waals surface area contributed by atoms with E-state index in [1.165, 1.54) is 0 Å². The lowest BCUT2D eigenvalue weighted by molar-refractivity contribution is 0.382. The Hall–Kier alpha value is -1.90. The quantitative estimate of drug-likeness (QED) is 0.811. The van der Waals surface area contributed by atoms with Crippen molar-refractivity contribution in [2.45, 2.75) is 31.8 Å². The highest BCUT2D eigenvalue weighted by Gasteiger charge is 2.10. The maximum atomic E-state index is 5.69. The highest BCUT2D eigenvalue weighted by atomic mass is 32.2. The molecule has 0 bridgehead atoms. The van der Waals surface area contributed by atoms with Crippen LogP contribution in [0.1, 0.15) is 31.4 Å². The zero-order valence-electron chi connectivity index (χ0n) is 13.3. The summed E-state index contributed by atoms with van der Waals surface area (Å²) in [4.78, 5) is 18.7. The van der Waals surface area contributed by atoms with Gasteiger partial charge in [0.15, 0.2) is 5.82 Å². The Balaban J connectivity index is 1.89. The van der Waals surface area contributed by atoms with Crippen LogP contribution in [0.25, 0.3) is 0 Å². The predicted molar refractivity (Wildman–Crippen MR) is 86.4 cm³/mol. The van der Waals surface area contributed by atoms with Crippen LogP contribution in [0.15, 0.2) is 4.52 Å². The molecule has 22 heavy (non-hydrogen) atoms. The molecule has 0 amide bonds. The van der Waals surface area contributed by atoms with Crippen molar-refractivity contribution >= 4 is 23.7 Å². The zero-order chi connectivity index (χ0) is 16.1. The van der Waals surface area contributed by atoms with Gasteiger partial charge in [-0.3, -0.25) is 0 Å². The van der Waals surface area contributed by atoms with E-state index in [0.29, 0.717) is 35.1 Å². The molecule has 120 valence electrons. The summed E-state index contributed by atoms with van der Waals surface area (Å²) in [7, 11) is 3.72. The van der Waals surface area contributed by atoms with E-state index < -0.39 is 0 Å². The zero-order valence-corrected chi connectivity index (χ0v) is 14.1. The molecular formula is C13H21N7OS. The van der Waals surface area contributed by atoms with Gasteiger partial charge in [0, 0.05) is 20.5 Å². The summed E-state index contributed by atoms with van der Waals surface area (Å²) in [5.41, 5.74) is 5.69. The summed E-state index contributed by atoms with van der Waals surface area (Å²) in [5, 5.41) is 3.97. The molecule has 0 radical (unpaired) electrons. The molecule has 0 saturated carbocycles. The summed E-state index contributed by atoms with van der Waals surface area (Å²) in [6, 6.07) is 0. The topological polar surface area (TPSA) is 107 Å². The molecule has 2 heterocycles. The van der Waals surface area contributed by atoms with Crippen LogP contribution in [0.3, 0.4) is 0 Å². The fraction of sp³-hybridized carbons (Fsp3) is 0.615. The number of anilines is 2. The average Bonchev–Trinajstić information content (AvgIpc) is 2.84. The third kappa shape index (κ3) is 4.83. The first-order chi connectivity index (χ1) is 10.4. The van der Waals surface area contributed by atoms with Gasteiger partial charge in [0.05, 0.1) is 11.5 Å². The van der Waals surface area contributed by atoms with Gasteiger partial charge in [0.2, 0.25) is 17.8 Å². The Morgan fingerprint density at radius 2 is 1.86 bits per heavy atom. The molecule has 0 fully saturated rings. The van der Waals surface area contributed by atoms with Crippen LogP contribution in [0.4, 0.5) is 11.9 Å². The third-order valence-corrected chi connectivity index (χ3v) is 3.56. The van der Waals surface area contributed by atoms with Crippen LogP contribution in [0.5, 0.6) is 0 Å². The second kappa shape index (κ2) is 7.39. The van der Waals surface area contributed by atoms with Gasteiger partial charge >= 0.3 is 0 Å². The van der Waals surface area contributed by atoms with E-state index in [9.17, 15) is 0 Å². The van der Waals surface area contributed by atoms with Crippen molar-refractivity contribution in [2.75, 3.05) is 24.7 Å². The molecule has 0 aliphatic heterocycles. The second-order valence-corrected chi connectivity index (χ2v) is 6.48. The monoisotopic (exact) mass is 323 g/mol. The van der Waals surface area contributed by atoms with E-state index in [-0.39, 0.29) is 5.95 Å². The maximum Gasteiger partial charge on any atom is 0.236 e. The minimum atomic E-state index is 0.228. The molecule has 2 N–H and O–H groups in total. The molecule has 2 aromatic heterocycles. The molecule has 9 heteroatoms. The van der Waals surface area contributed by atoms with Gasteiger partial charge in [-0.25, -0.2) is 0 Å². The number of rotatable bonds is 7. The van der Waals surface area contributed by atoms with Crippen molar-refractivity contribution in [3.8, 4) is 0 Å². The van der Waals surface area contributed by atoms with Crippen LogP contribution in [0, 0.1) is 5.92 Å². The molecule has 2 rings (SSSR count). The van der Waals surface area contributed by atoms with Gasteiger partial charge in [-0.15, -0.1) is 11.8 Å². The summed E-state index contributed by atoms with van der Waals surface area (Å²) in [6.07, 6.45) is 0.824. The lowest BCUT2D eigenvalue weighted by Gasteiger charge is -2.10. The Labute approximate surface area is 133 Å². The number of nitrogen functional groups attached to an aromatic ring is 1. The number of nitrogens with zero attached hydrogens (tertiary/aromatic N) is 6. The number of thioether (sulfide) groups is 1. The molecule has 0 aliphatic carbocycles. The first-order valence-electron chi connectivity index (χ1n) is 7.01. The fourth-order valence-electron chi connectivity index (χ4n) is 1.72. The van der Waals surface area contributed by atoms with Gasteiger partial charge < -0.3 is 15.2 Å². The van der Waals surface area contributed by atoms with Crippen molar-refractivity contribution in [3.05, 3.63) is 17.5 Å². The van der Waals surface area contributed by atoms with Crippen LogP contribution in [-0.4, -0.2) is 39.2 Å². The van der Waals surface area contributed by atoms with E-state index in [1.807, 2.05) is 14.1 Å². The molecule has 0 spiro atoms. The largest absolute Gasteiger partial charge is 0.368 e. The summed E-state index contributed by atoms with van der Waals surface area (Å²) >= 11 is 1.60. The fourth-order valence-corrected chi connectivity index (χ4v) is 2.42. The minimum Gasteiger partial charge on any atom is -0.368 e. The number of nitrogens with two attached hydrogens (primary N) is 1. The van der Waals surface area contributed by atoms with E-state index in [1.54, 1.807) is 16.7 Å². The van der Waals surface area contributed by atoms with E-state index >= 15 is 0 Å². The van der Waals surface area contributed by atoms with Gasteiger partial charge in [0.1, 0.15) is 5.82 Å². The summed E-state index contributed by atoms with van der Waals surface area (Å²) in [6.45, 7) is 4.25. The Kier molecular flexibility index (Phi) is 5.53. The average molecular weight is 323 g/mol. The molecule has 0 atom stereocenters. The van der Waals surface area contributed by atoms with Gasteiger partial charge in [-0.1, -0.05) is 19.0 Å². The van der Waals surface area contributed by atoms with Gasteiger partial charge in [-0.2, -0.15) is 19.9 Å². The SMILES string of the molecule is CC(C)Cc1noc(CSCc2nc(N)nc(N(C)C)n2)n1. The number of aromatic nitrogens is 5.